The number of ether oxygens (including phenoxy) is 1. The number of hydrogen-bond acceptors (Lipinski definition) is 3. The molecule has 7 heteroatoms. The Kier molecular flexibility index (Phi) is 11.8. The van der Waals surface area contributed by atoms with Crippen LogP contribution >= 0.6 is 24.0 Å². The van der Waals surface area contributed by atoms with E-state index in [1.54, 1.807) is 7.05 Å². The molecule has 1 atom stereocenters. The molecule has 0 saturated carbocycles. The summed E-state index contributed by atoms with van der Waals surface area (Å²) in [5.74, 6) is 1.51. The third-order valence-electron chi connectivity index (χ3n) is 4.08. The third kappa shape index (κ3) is 10.2. The van der Waals surface area contributed by atoms with E-state index in [4.69, 9.17) is 4.74 Å². The minimum absolute atomic E-state index is 0. The Hall–Kier alpha value is -2.29. The highest BCUT2D eigenvalue weighted by Crippen LogP contribution is 2.13. The SMILES string of the molecule is CN=C(NCCC(=O)NCc1ccccc1)NCC(C)Oc1cccc(C)c1.I. The summed E-state index contributed by atoms with van der Waals surface area (Å²) < 4.78 is 5.90. The average molecular weight is 510 g/mol. The van der Waals surface area contributed by atoms with Crippen molar-refractivity contribution in [3.8, 4) is 5.75 Å². The number of aryl methyl sites for hydroxylation is 1. The largest absolute Gasteiger partial charge is 0.489 e. The number of carbonyl (C=O) groups excluding carboxylic acids is 1. The zero-order valence-electron chi connectivity index (χ0n) is 17.3. The van der Waals surface area contributed by atoms with Crippen molar-refractivity contribution in [2.45, 2.75) is 32.9 Å². The molecule has 2 rings (SSSR count). The number of hydrogen-bond donors (Lipinski definition) is 3. The molecule has 158 valence electrons. The molecule has 2 aromatic carbocycles. The van der Waals surface area contributed by atoms with Crippen molar-refractivity contribution in [3.63, 3.8) is 0 Å². The number of amides is 1. The van der Waals surface area contributed by atoms with Crippen LogP contribution in [0.3, 0.4) is 0 Å². The second kappa shape index (κ2) is 13.8. The first-order valence-electron chi connectivity index (χ1n) is 9.55. The molecule has 0 spiro atoms. The van der Waals surface area contributed by atoms with E-state index in [-0.39, 0.29) is 36.0 Å². The van der Waals surface area contributed by atoms with Crippen molar-refractivity contribution >= 4 is 35.8 Å². The van der Waals surface area contributed by atoms with Crippen LogP contribution < -0.4 is 20.7 Å². The monoisotopic (exact) mass is 510 g/mol. The lowest BCUT2D eigenvalue weighted by molar-refractivity contribution is -0.121. The first kappa shape index (κ1) is 24.7. The fraction of sp³-hybridized carbons (Fsp3) is 0.364. The Balaban J connectivity index is 0.00000420. The molecular formula is C22H31IN4O2. The van der Waals surface area contributed by atoms with E-state index in [1.165, 1.54) is 5.56 Å². The van der Waals surface area contributed by atoms with Gasteiger partial charge in [-0.3, -0.25) is 9.79 Å². The minimum atomic E-state index is -0.0190. The second-order valence-corrected chi connectivity index (χ2v) is 6.64. The molecule has 2 aromatic rings. The normalized spacial score (nSPS) is 11.8. The van der Waals surface area contributed by atoms with Gasteiger partial charge in [-0.25, -0.2) is 0 Å². The summed E-state index contributed by atoms with van der Waals surface area (Å²) >= 11 is 0. The van der Waals surface area contributed by atoms with Crippen LogP contribution in [0.25, 0.3) is 0 Å². The van der Waals surface area contributed by atoms with Gasteiger partial charge in [-0.15, -0.1) is 24.0 Å². The lowest BCUT2D eigenvalue weighted by atomic mass is 10.2. The Morgan fingerprint density at radius 1 is 1.07 bits per heavy atom. The number of benzene rings is 2. The molecule has 0 aromatic heterocycles. The molecule has 0 saturated heterocycles. The van der Waals surface area contributed by atoms with E-state index in [9.17, 15) is 4.79 Å². The Labute approximate surface area is 190 Å². The molecular weight excluding hydrogens is 479 g/mol. The molecule has 0 aliphatic carbocycles. The van der Waals surface area contributed by atoms with Crippen LogP contribution in [-0.4, -0.2) is 38.1 Å². The van der Waals surface area contributed by atoms with Crippen LogP contribution in [0.4, 0.5) is 0 Å². The van der Waals surface area contributed by atoms with Gasteiger partial charge in [0.15, 0.2) is 5.96 Å². The van der Waals surface area contributed by atoms with Gasteiger partial charge in [0.05, 0.1) is 6.54 Å². The summed E-state index contributed by atoms with van der Waals surface area (Å²) in [6.07, 6.45) is 0.359. The molecule has 3 N–H and O–H groups in total. The van der Waals surface area contributed by atoms with Crippen LogP contribution in [0.15, 0.2) is 59.6 Å². The molecule has 6 nitrogen and oxygen atoms in total. The Morgan fingerprint density at radius 2 is 1.83 bits per heavy atom. The fourth-order valence-corrected chi connectivity index (χ4v) is 2.60. The number of rotatable bonds is 9. The summed E-state index contributed by atoms with van der Waals surface area (Å²) in [7, 11) is 1.71. The maximum Gasteiger partial charge on any atom is 0.222 e. The lowest BCUT2D eigenvalue weighted by Crippen LogP contribution is -2.42. The summed E-state index contributed by atoms with van der Waals surface area (Å²) in [6.45, 7) is 5.69. The molecule has 0 aliphatic rings. The van der Waals surface area contributed by atoms with E-state index in [0.29, 0.717) is 32.0 Å². The zero-order valence-corrected chi connectivity index (χ0v) is 19.6. The summed E-state index contributed by atoms with van der Waals surface area (Å²) in [4.78, 5) is 16.1. The highest BCUT2D eigenvalue weighted by atomic mass is 127. The maximum absolute atomic E-state index is 12.0. The van der Waals surface area contributed by atoms with Crippen LogP contribution in [-0.2, 0) is 11.3 Å². The van der Waals surface area contributed by atoms with Gasteiger partial charge in [0.25, 0.3) is 0 Å². The number of nitrogens with zero attached hydrogens (tertiary/aromatic N) is 1. The molecule has 0 heterocycles. The smallest absolute Gasteiger partial charge is 0.222 e. The summed E-state index contributed by atoms with van der Waals surface area (Å²) in [6, 6.07) is 17.8. The van der Waals surface area contributed by atoms with Gasteiger partial charge in [-0.05, 0) is 37.1 Å². The van der Waals surface area contributed by atoms with E-state index < -0.39 is 0 Å². The summed E-state index contributed by atoms with van der Waals surface area (Å²) in [5.41, 5.74) is 2.25. The van der Waals surface area contributed by atoms with E-state index in [2.05, 4.69) is 20.9 Å². The van der Waals surface area contributed by atoms with Crippen LogP contribution in [0.5, 0.6) is 5.75 Å². The lowest BCUT2D eigenvalue weighted by Gasteiger charge is -2.18. The van der Waals surface area contributed by atoms with Crippen LogP contribution in [0, 0.1) is 6.92 Å². The number of carbonyl (C=O) groups is 1. The molecule has 0 bridgehead atoms. The number of guanidine groups is 1. The average Bonchev–Trinajstić information content (AvgIpc) is 2.69. The highest BCUT2D eigenvalue weighted by Gasteiger charge is 2.07. The van der Waals surface area contributed by atoms with Gasteiger partial charge < -0.3 is 20.7 Å². The van der Waals surface area contributed by atoms with Crippen molar-refractivity contribution in [1.29, 1.82) is 0 Å². The van der Waals surface area contributed by atoms with Gasteiger partial charge in [0.2, 0.25) is 5.91 Å². The van der Waals surface area contributed by atoms with Gasteiger partial charge in [0.1, 0.15) is 11.9 Å². The van der Waals surface area contributed by atoms with Crippen LogP contribution in [0.1, 0.15) is 24.5 Å². The first-order valence-corrected chi connectivity index (χ1v) is 9.55. The molecule has 1 unspecified atom stereocenters. The van der Waals surface area contributed by atoms with E-state index in [0.717, 1.165) is 11.3 Å². The van der Waals surface area contributed by atoms with Gasteiger partial charge in [-0.2, -0.15) is 0 Å². The predicted octanol–water partition coefficient (Wildman–Crippen LogP) is 3.25. The minimum Gasteiger partial charge on any atom is -0.489 e. The molecule has 0 radical (unpaired) electrons. The van der Waals surface area contributed by atoms with Gasteiger partial charge in [0, 0.05) is 26.6 Å². The van der Waals surface area contributed by atoms with Gasteiger partial charge >= 0.3 is 0 Å². The number of halogens is 1. The third-order valence-corrected chi connectivity index (χ3v) is 4.08. The molecule has 1 amide bonds. The van der Waals surface area contributed by atoms with Crippen molar-refractivity contribution in [2.24, 2.45) is 4.99 Å². The number of nitrogens with one attached hydrogen (secondary N) is 3. The zero-order chi connectivity index (χ0) is 20.2. The molecule has 0 fully saturated rings. The van der Waals surface area contributed by atoms with E-state index >= 15 is 0 Å². The van der Waals surface area contributed by atoms with Crippen molar-refractivity contribution < 1.29 is 9.53 Å². The van der Waals surface area contributed by atoms with Crippen LogP contribution in [0.2, 0.25) is 0 Å². The van der Waals surface area contributed by atoms with Gasteiger partial charge in [-0.1, -0.05) is 42.5 Å². The van der Waals surface area contributed by atoms with Crippen molar-refractivity contribution in [1.82, 2.24) is 16.0 Å². The highest BCUT2D eigenvalue weighted by molar-refractivity contribution is 14.0. The molecule has 0 aliphatic heterocycles. The predicted molar refractivity (Wildman–Crippen MR) is 129 cm³/mol. The quantitative estimate of drug-likeness (QED) is 0.275. The Bertz CT molecular complexity index is 768. The standard InChI is InChI=1S/C22H30N4O2.HI/c1-17-8-7-11-20(14-17)28-18(2)15-26-22(23-3)24-13-12-21(27)25-16-19-9-5-4-6-10-19;/h4-11,14,18H,12-13,15-16H2,1-3H3,(H,25,27)(H2,23,24,26);1H. The van der Waals surface area contributed by atoms with Crippen molar-refractivity contribution in [2.75, 3.05) is 20.1 Å². The number of aliphatic imine (C=N–C) groups is 1. The molecule has 29 heavy (non-hydrogen) atoms. The topological polar surface area (TPSA) is 74.8 Å². The Morgan fingerprint density at radius 3 is 2.52 bits per heavy atom. The fourth-order valence-electron chi connectivity index (χ4n) is 2.60. The second-order valence-electron chi connectivity index (χ2n) is 6.64. The first-order chi connectivity index (χ1) is 13.6. The maximum atomic E-state index is 12.0. The van der Waals surface area contributed by atoms with Crippen molar-refractivity contribution in [3.05, 3.63) is 65.7 Å². The summed E-state index contributed by atoms with van der Waals surface area (Å²) in [5, 5.41) is 9.28. The van der Waals surface area contributed by atoms with E-state index in [1.807, 2.05) is 68.4 Å².